The number of thiophene rings is 1. The molecule has 27 heavy (non-hydrogen) atoms. The van der Waals surface area contributed by atoms with Crippen molar-refractivity contribution in [2.24, 2.45) is 0 Å². The van der Waals surface area contributed by atoms with E-state index in [0.717, 1.165) is 0 Å². The molecule has 0 unspecified atom stereocenters. The fraction of sp³-hybridized carbons (Fsp3) is 0.647. The van der Waals surface area contributed by atoms with Gasteiger partial charge in [-0.2, -0.15) is 4.31 Å². The lowest BCUT2D eigenvalue weighted by atomic mass is 10.1. The molecule has 0 aliphatic carbocycles. The van der Waals surface area contributed by atoms with Crippen molar-refractivity contribution < 1.29 is 22.7 Å². The van der Waals surface area contributed by atoms with Crippen LogP contribution in [-0.2, 0) is 19.6 Å². The molecule has 0 radical (unpaired) electrons. The van der Waals surface area contributed by atoms with Crippen molar-refractivity contribution in [1.29, 1.82) is 0 Å². The maximum atomic E-state index is 12.5. The van der Waals surface area contributed by atoms with Crippen LogP contribution in [0.1, 0.15) is 40.0 Å². The second kappa shape index (κ2) is 9.03. The third-order valence-corrected chi connectivity index (χ3v) is 7.20. The van der Waals surface area contributed by atoms with Crippen LogP contribution < -0.4 is 10.6 Å². The maximum absolute atomic E-state index is 12.5. The molecular weight excluding hydrogens is 390 g/mol. The minimum Gasteiger partial charge on any atom is -0.444 e. The molecule has 2 heterocycles. The van der Waals surface area contributed by atoms with Gasteiger partial charge in [0.1, 0.15) is 9.81 Å². The fourth-order valence-corrected chi connectivity index (χ4v) is 5.28. The van der Waals surface area contributed by atoms with Gasteiger partial charge in [0.05, 0.1) is 0 Å². The van der Waals surface area contributed by atoms with E-state index >= 15 is 0 Å². The van der Waals surface area contributed by atoms with Crippen molar-refractivity contribution in [3.63, 3.8) is 0 Å². The zero-order chi connectivity index (χ0) is 20.1. The van der Waals surface area contributed by atoms with Crippen molar-refractivity contribution in [2.45, 2.75) is 55.9 Å². The standard InChI is InChI=1S/C17H27N3O5S2/c1-17(2,3)25-16(22)18-9-6-14(21)19-13-7-10-20(11-8-13)27(23,24)15-5-4-12-26-15/h4-5,12-13H,6-11H2,1-3H3,(H,18,22)(H,19,21). The zero-order valence-electron chi connectivity index (χ0n) is 15.9. The van der Waals surface area contributed by atoms with Crippen LogP contribution in [0.25, 0.3) is 0 Å². The number of carbonyl (C=O) groups is 2. The predicted octanol–water partition coefficient (Wildman–Crippen LogP) is 1.93. The first-order chi connectivity index (χ1) is 12.6. The third kappa shape index (κ3) is 6.78. The number of nitrogens with zero attached hydrogens (tertiary/aromatic N) is 1. The van der Waals surface area contributed by atoms with Crippen LogP contribution in [0.15, 0.2) is 21.7 Å². The molecule has 10 heteroatoms. The van der Waals surface area contributed by atoms with Gasteiger partial charge in [-0.1, -0.05) is 6.07 Å². The Morgan fingerprint density at radius 1 is 1.30 bits per heavy atom. The molecule has 0 saturated carbocycles. The Balaban J connectivity index is 1.70. The summed E-state index contributed by atoms with van der Waals surface area (Å²) in [6.07, 6.45) is 0.723. The molecule has 1 saturated heterocycles. The molecule has 1 aliphatic heterocycles. The highest BCUT2D eigenvalue weighted by atomic mass is 32.2. The number of hydrogen-bond acceptors (Lipinski definition) is 6. The fourth-order valence-electron chi connectivity index (χ4n) is 2.67. The lowest BCUT2D eigenvalue weighted by Crippen LogP contribution is -2.46. The van der Waals surface area contributed by atoms with Gasteiger partial charge in [-0.05, 0) is 45.1 Å². The Hall–Kier alpha value is -1.65. The van der Waals surface area contributed by atoms with Crippen LogP contribution >= 0.6 is 11.3 Å². The van der Waals surface area contributed by atoms with Crippen LogP contribution in [-0.4, -0.2) is 56.0 Å². The minimum atomic E-state index is -3.43. The van der Waals surface area contributed by atoms with Crippen LogP contribution in [0.4, 0.5) is 4.79 Å². The smallest absolute Gasteiger partial charge is 0.407 e. The summed E-state index contributed by atoms with van der Waals surface area (Å²) < 4.78 is 31.9. The molecule has 2 amide bonds. The van der Waals surface area contributed by atoms with Gasteiger partial charge in [0.2, 0.25) is 5.91 Å². The number of carbonyl (C=O) groups excluding carboxylic acids is 2. The summed E-state index contributed by atoms with van der Waals surface area (Å²) in [6.45, 7) is 6.24. The topological polar surface area (TPSA) is 105 Å². The average Bonchev–Trinajstić information content (AvgIpc) is 3.09. The molecule has 0 atom stereocenters. The van der Waals surface area contributed by atoms with Crippen LogP contribution in [0.5, 0.6) is 0 Å². The van der Waals surface area contributed by atoms with Crippen molar-refractivity contribution >= 4 is 33.4 Å². The summed E-state index contributed by atoms with van der Waals surface area (Å²) in [5.74, 6) is -0.175. The highest BCUT2D eigenvalue weighted by molar-refractivity contribution is 7.91. The van der Waals surface area contributed by atoms with Gasteiger partial charge in [0.15, 0.2) is 0 Å². The number of hydrogen-bond donors (Lipinski definition) is 2. The second-order valence-electron chi connectivity index (χ2n) is 7.36. The number of ether oxygens (including phenoxy) is 1. The van der Waals surface area contributed by atoms with E-state index in [1.807, 2.05) is 0 Å². The summed E-state index contributed by atoms with van der Waals surface area (Å²) in [5, 5.41) is 7.18. The molecular formula is C17H27N3O5S2. The van der Waals surface area contributed by atoms with E-state index in [2.05, 4.69) is 10.6 Å². The highest BCUT2D eigenvalue weighted by Gasteiger charge is 2.30. The van der Waals surface area contributed by atoms with Crippen molar-refractivity contribution in [3.8, 4) is 0 Å². The molecule has 152 valence electrons. The van der Waals surface area contributed by atoms with Crippen molar-refractivity contribution in [2.75, 3.05) is 19.6 Å². The number of piperidine rings is 1. The summed E-state index contributed by atoms with van der Waals surface area (Å²) in [5.41, 5.74) is -0.580. The minimum absolute atomic E-state index is 0.0613. The molecule has 1 aromatic heterocycles. The summed E-state index contributed by atoms with van der Waals surface area (Å²) in [7, 11) is -3.43. The molecule has 1 aromatic rings. The molecule has 8 nitrogen and oxygen atoms in total. The van der Waals surface area contributed by atoms with Gasteiger partial charge in [-0.15, -0.1) is 11.3 Å². The summed E-state index contributed by atoms with van der Waals surface area (Å²) in [6, 6.07) is 3.26. The summed E-state index contributed by atoms with van der Waals surface area (Å²) in [4.78, 5) is 23.5. The Morgan fingerprint density at radius 2 is 1.96 bits per heavy atom. The van der Waals surface area contributed by atoms with Gasteiger partial charge >= 0.3 is 6.09 Å². The van der Waals surface area contributed by atoms with E-state index in [4.69, 9.17) is 4.74 Å². The molecule has 0 spiro atoms. The van der Waals surface area contributed by atoms with E-state index in [1.54, 1.807) is 38.3 Å². The largest absolute Gasteiger partial charge is 0.444 e. The van der Waals surface area contributed by atoms with Gasteiger partial charge in [0.25, 0.3) is 10.0 Å². The molecule has 0 aromatic carbocycles. The monoisotopic (exact) mass is 417 g/mol. The normalized spacial score (nSPS) is 16.7. The zero-order valence-corrected chi connectivity index (χ0v) is 17.5. The molecule has 2 rings (SSSR count). The van der Waals surface area contributed by atoms with Crippen molar-refractivity contribution in [3.05, 3.63) is 17.5 Å². The third-order valence-electron chi connectivity index (χ3n) is 3.93. The van der Waals surface area contributed by atoms with Gasteiger partial charge in [0, 0.05) is 32.1 Å². The predicted molar refractivity (Wildman–Crippen MR) is 103 cm³/mol. The Labute approximate surface area is 164 Å². The second-order valence-corrected chi connectivity index (χ2v) is 10.5. The number of alkyl carbamates (subject to hydrolysis) is 1. The van der Waals surface area contributed by atoms with Crippen molar-refractivity contribution in [1.82, 2.24) is 14.9 Å². The number of amides is 2. The first kappa shape index (κ1) is 21.6. The Kier molecular flexibility index (Phi) is 7.24. The Morgan fingerprint density at radius 3 is 2.52 bits per heavy atom. The number of nitrogens with one attached hydrogen (secondary N) is 2. The van der Waals surface area contributed by atoms with E-state index in [-0.39, 0.29) is 24.9 Å². The number of sulfonamides is 1. The average molecular weight is 418 g/mol. The molecule has 0 bridgehead atoms. The summed E-state index contributed by atoms with van der Waals surface area (Å²) >= 11 is 1.21. The van der Waals surface area contributed by atoms with Crippen LogP contribution in [0, 0.1) is 0 Å². The lowest BCUT2D eigenvalue weighted by molar-refractivity contribution is -0.121. The first-order valence-corrected chi connectivity index (χ1v) is 11.2. The SMILES string of the molecule is CC(C)(C)OC(=O)NCCC(=O)NC1CCN(S(=O)(=O)c2cccs2)CC1. The van der Waals surface area contributed by atoms with Gasteiger partial charge < -0.3 is 15.4 Å². The van der Waals surface area contributed by atoms with E-state index in [0.29, 0.717) is 30.1 Å². The molecule has 1 aliphatic rings. The van der Waals surface area contributed by atoms with Gasteiger partial charge in [-0.3, -0.25) is 4.79 Å². The van der Waals surface area contributed by atoms with E-state index in [9.17, 15) is 18.0 Å². The van der Waals surface area contributed by atoms with E-state index < -0.39 is 21.7 Å². The highest BCUT2D eigenvalue weighted by Crippen LogP contribution is 2.24. The van der Waals surface area contributed by atoms with Crippen LogP contribution in [0.2, 0.25) is 0 Å². The maximum Gasteiger partial charge on any atom is 0.407 e. The molecule has 2 N–H and O–H groups in total. The quantitative estimate of drug-likeness (QED) is 0.736. The molecule has 1 fully saturated rings. The first-order valence-electron chi connectivity index (χ1n) is 8.88. The van der Waals surface area contributed by atoms with Gasteiger partial charge in [-0.25, -0.2) is 13.2 Å². The lowest BCUT2D eigenvalue weighted by Gasteiger charge is -2.31. The number of rotatable bonds is 6. The Bertz CT molecular complexity index is 733. The van der Waals surface area contributed by atoms with E-state index in [1.165, 1.54) is 15.6 Å². The van der Waals surface area contributed by atoms with Crippen LogP contribution in [0.3, 0.4) is 0 Å².